The third-order valence-corrected chi connectivity index (χ3v) is 4.17. The highest BCUT2D eigenvalue weighted by atomic mass is 16.5. The van der Waals surface area contributed by atoms with Crippen LogP contribution in [-0.2, 0) is 11.3 Å². The molecule has 1 fully saturated rings. The SMILES string of the molecule is Cc1nc(C2CN(CCn3nc4ccccn4c3=O)CCO2)n[nH]1. The molecule has 24 heavy (non-hydrogen) atoms. The van der Waals surface area contributed by atoms with Crippen LogP contribution in [0.2, 0.25) is 0 Å². The largest absolute Gasteiger partial charge is 0.367 e. The van der Waals surface area contributed by atoms with Gasteiger partial charge in [0.05, 0.1) is 13.2 Å². The second-order valence-electron chi connectivity index (χ2n) is 5.87. The number of H-pyrrole nitrogens is 1. The van der Waals surface area contributed by atoms with Crippen LogP contribution in [0.25, 0.3) is 5.65 Å². The second-order valence-corrected chi connectivity index (χ2v) is 5.87. The predicted molar refractivity (Wildman–Crippen MR) is 85.7 cm³/mol. The Morgan fingerprint density at radius 1 is 1.38 bits per heavy atom. The topological polar surface area (TPSA) is 93.3 Å². The molecule has 0 amide bonds. The Kier molecular flexibility index (Phi) is 3.87. The van der Waals surface area contributed by atoms with E-state index in [2.05, 4.69) is 25.2 Å². The summed E-state index contributed by atoms with van der Waals surface area (Å²) in [5.74, 6) is 1.46. The van der Waals surface area contributed by atoms with Crippen molar-refractivity contribution in [3.8, 4) is 0 Å². The van der Waals surface area contributed by atoms with E-state index in [1.807, 2.05) is 25.1 Å². The molecule has 0 spiro atoms. The number of aromatic amines is 1. The molecule has 4 rings (SSSR count). The van der Waals surface area contributed by atoms with Gasteiger partial charge >= 0.3 is 5.69 Å². The number of morpholine rings is 1. The van der Waals surface area contributed by atoms with Crippen molar-refractivity contribution in [3.63, 3.8) is 0 Å². The minimum atomic E-state index is -0.138. The molecule has 9 nitrogen and oxygen atoms in total. The fraction of sp³-hybridized carbons (Fsp3) is 0.467. The van der Waals surface area contributed by atoms with Gasteiger partial charge in [-0.1, -0.05) is 6.07 Å². The average molecular weight is 329 g/mol. The smallest absolute Gasteiger partial charge is 0.350 e. The molecule has 126 valence electrons. The van der Waals surface area contributed by atoms with Gasteiger partial charge in [-0.2, -0.15) is 5.10 Å². The zero-order chi connectivity index (χ0) is 16.5. The zero-order valence-electron chi connectivity index (χ0n) is 13.4. The number of nitrogens with zero attached hydrogens (tertiary/aromatic N) is 6. The van der Waals surface area contributed by atoms with E-state index in [4.69, 9.17) is 4.74 Å². The first kappa shape index (κ1) is 15.0. The maximum absolute atomic E-state index is 12.3. The summed E-state index contributed by atoms with van der Waals surface area (Å²) in [6.07, 6.45) is 1.60. The third kappa shape index (κ3) is 2.83. The summed E-state index contributed by atoms with van der Waals surface area (Å²) in [4.78, 5) is 18.9. The highest BCUT2D eigenvalue weighted by Gasteiger charge is 2.25. The summed E-state index contributed by atoms with van der Waals surface area (Å²) >= 11 is 0. The lowest BCUT2D eigenvalue weighted by Crippen LogP contribution is -2.41. The van der Waals surface area contributed by atoms with Crippen LogP contribution in [0.15, 0.2) is 29.2 Å². The van der Waals surface area contributed by atoms with Crippen LogP contribution >= 0.6 is 0 Å². The Bertz CT molecular complexity index is 896. The van der Waals surface area contributed by atoms with E-state index in [1.54, 1.807) is 10.6 Å². The number of aromatic nitrogens is 6. The lowest BCUT2D eigenvalue weighted by atomic mass is 10.2. The van der Waals surface area contributed by atoms with Gasteiger partial charge in [0, 0.05) is 25.8 Å². The van der Waals surface area contributed by atoms with Gasteiger partial charge in [0.2, 0.25) is 0 Å². The Morgan fingerprint density at radius 3 is 3.08 bits per heavy atom. The molecular weight excluding hydrogens is 310 g/mol. The number of fused-ring (bicyclic) bond motifs is 1. The first-order valence-electron chi connectivity index (χ1n) is 7.98. The minimum absolute atomic E-state index is 0.111. The minimum Gasteiger partial charge on any atom is -0.367 e. The summed E-state index contributed by atoms with van der Waals surface area (Å²) in [7, 11) is 0. The molecule has 3 aromatic rings. The fourth-order valence-corrected chi connectivity index (χ4v) is 2.92. The van der Waals surface area contributed by atoms with Crippen molar-refractivity contribution in [3.05, 3.63) is 46.5 Å². The van der Waals surface area contributed by atoms with Crippen LogP contribution < -0.4 is 5.69 Å². The van der Waals surface area contributed by atoms with Crippen LogP contribution in [0.5, 0.6) is 0 Å². The standard InChI is InChI=1S/C15H19N7O2/c1-11-16-14(18-17-11)12-10-20(8-9-24-12)6-7-22-15(23)21-5-3-2-4-13(21)19-22/h2-5,12H,6-10H2,1H3,(H,16,17,18). The maximum atomic E-state index is 12.3. The molecule has 1 saturated heterocycles. The van der Waals surface area contributed by atoms with Gasteiger partial charge in [-0.05, 0) is 19.1 Å². The van der Waals surface area contributed by atoms with E-state index in [0.29, 0.717) is 31.2 Å². The molecule has 1 unspecified atom stereocenters. The Hall–Kier alpha value is -2.52. The number of aryl methyl sites for hydroxylation is 1. The van der Waals surface area contributed by atoms with E-state index in [9.17, 15) is 4.79 Å². The number of hydrogen-bond donors (Lipinski definition) is 1. The first-order chi connectivity index (χ1) is 11.7. The van der Waals surface area contributed by atoms with Gasteiger partial charge < -0.3 is 4.74 Å². The number of hydrogen-bond acceptors (Lipinski definition) is 6. The summed E-state index contributed by atoms with van der Waals surface area (Å²) in [6, 6.07) is 5.53. The molecule has 1 aliphatic rings. The lowest BCUT2D eigenvalue weighted by Gasteiger charge is -2.31. The number of nitrogens with one attached hydrogen (secondary N) is 1. The van der Waals surface area contributed by atoms with E-state index in [0.717, 1.165) is 18.9 Å². The Labute approximate surface area is 137 Å². The average Bonchev–Trinajstić information content (AvgIpc) is 3.18. The van der Waals surface area contributed by atoms with E-state index < -0.39 is 0 Å². The summed E-state index contributed by atoms with van der Waals surface area (Å²) in [5, 5.41) is 11.4. The van der Waals surface area contributed by atoms with E-state index >= 15 is 0 Å². The molecule has 0 aliphatic carbocycles. The second kappa shape index (κ2) is 6.17. The fourth-order valence-electron chi connectivity index (χ4n) is 2.92. The van der Waals surface area contributed by atoms with Crippen LogP contribution in [-0.4, -0.2) is 60.5 Å². The highest BCUT2D eigenvalue weighted by Crippen LogP contribution is 2.18. The first-order valence-corrected chi connectivity index (χ1v) is 7.98. The van der Waals surface area contributed by atoms with Gasteiger partial charge in [0.1, 0.15) is 11.9 Å². The van der Waals surface area contributed by atoms with Gasteiger partial charge in [0.15, 0.2) is 11.5 Å². The summed E-state index contributed by atoms with van der Waals surface area (Å²) in [5.41, 5.74) is 0.554. The summed E-state index contributed by atoms with van der Waals surface area (Å²) in [6.45, 7) is 5.29. The van der Waals surface area contributed by atoms with Gasteiger partial charge in [-0.3, -0.25) is 14.4 Å². The number of ether oxygens (including phenoxy) is 1. The normalized spacial score (nSPS) is 19.1. The van der Waals surface area contributed by atoms with Crippen molar-refractivity contribution < 1.29 is 4.74 Å². The lowest BCUT2D eigenvalue weighted by molar-refractivity contribution is -0.0353. The van der Waals surface area contributed by atoms with Gasteiger partial charge in [-0.15, -0.1) is 5.10 Å². The molecule has 0 aromatic carbocycles. The molecule has 1 atom stereocenters. The number of pyridine rings is 1. The van der Waals surface area contributed by atoms with Crippen molar-refractivity contribution in [2.75, 3.05) is 26.2 Å². The monoisotopic (exact) mass is 329 g/mol. The van der Waals surface area contributed by atoms with E-state index in [-0.39, 0.29) is 11.8 Å². The Balaban J connectivity index is 1.43. The molecule has 1 aliphatic heterocycles. The molecule has 0 saturated carbocycles. The molecule has 3 aromatic heterocycles. The van der Waals surface area contributed by atoms with E-state index in [1.165, 1.54) is 4.68 Å². The molecule has 0 radical (unpaired) electrons. The van der Waals surface area contributed by atoms with Crippen LogP contribution in [0.3, 0.4) is 0 Å². The maximum Gasteiger partial charge on any atom is 0.350 e. The van der Waals surface area contributed by atoms with Gasteiger partial charge in [0.25, 0.3) is 0 Å². The number of rotatable bonds is 4. The van der Waals surface area contributed by atoms with Crippen molar-refractivity contribution >= 4 is 5.65 Å². The van der Waals surface area contributed by atoms with Crippen LogP contribution in [0, 0.1) is 6.92 Å². The summed E-state index contributed by atoms with van der Waals surface area (Å²) < 4.78 is 8.82. The van der Waals surface area contributed by atoms with Crippen LogP contribution in [0.1, 0.15) is 17.8 Å². The zero-order valence-corrected chi connectivity index (χ0v) is 13.4. The Morgan fingerprint density at radius 2 is 2.29 bits per heavy atom. The molecule has 9 heteroatoms. The molecular formula is C15H19N7O2. The molecule has 0 bridgehead atoms. The third-order valence-electron chi connectivity index (χ3n) is 4.17. The molecule has 1 N–H and O–H groups in total. The predicted octanol–water partition coefficient (Wildman–Crippen LogP) is -0.00398. The highest BCUT2D eigenvalue weighted by molar-refractivity contribution is 5.35. The van der Waals surface area contributed by atoms with Crippen molar-refractivity contribution in [1.29, 1.82) is 0 Å². The quantitative estimate of drug-likeness (QED) is 0.724. The van der Waals surface area contributed by atoms with Crippen molar-refractivity contribution in [2.24, 2.45) is 0 Å². The van der Waals surface area contributed by atoms with Crippen LogP contribution in [0.4, 0.5) is 0 Å². The van der Waals surface area contributed by atoms with Crippen molar-refractivity contribution in [1.82, 2.24) is 34.3 Å². The van der Waals surface area contributed by atoms with Crippen molar-refractivity contribution in [2.45, 2.75) is 19.6 Å². The molecule has 4 heterocycles. The van der Waals surface area contributed by atoms with Gasteiger partial charge in [-0.25, -0.2) is 14.5 Å².